The van der Waals surface area contributed by atoms with Gasteiger partial charge in [0.15, 0.2) is 11.5 Å². The number of hydrogen-bond acceptors (Lipinski definition) is 5. The highest BCUT2D eigenvalue weighted by Crippen LogP contribution is 2.39. The fourth-order valence-electron chi connectivity index (χ4n) is 3.45. The van der Waals surface area contributed by atoms with Crippen LogP contribution < -0.4 is 20.1 Å². The lowest BCUT2D eigenvalue weighted by Gasteiger charge is -2.39. The Morgan fingerprint density at radius 2 is 1.90 bits per heavy atom. The van der Waals surface area contributed by atoms with E-state index in [1.807, 2.05) is 17.0 Å². The summed E-state index contributed by atoms with van der Waals surface area (Å²) in [4.78, 5) is 16.0. The number of benzene rings is 1. The SMILES string of the molecule is Nc1cc2c(cc1N1CCN3C(=O)CCC3C1)OCCO2. The van der Waals surface area contributed by atoms with Gasteiger partial charge in [0.25, 0.3) is 0 Å². The van der Waals surface area contributed by atoms with Gasteiger partial charge in [0.1, 0.15) is 13.2 Å². The molecular formula is C15H19N3O3. The normalized spacial score (nSPS) is 24.2. The molecule has 3 heterocycles. The van der Waals surface area contributed by atoms with E-state index >= 15 is 0 Å². The second-order valence-corrected chi connectivity index (χ2v) is 5.78. The molecule has 1 aromatic carbocycles. The van der Waals surface area contributed by atoms with Crippen molar-refractivity contribution in [3.63, 3.8) is 0 Å². The number of fused-ring (bicyclic) bond motifs is 2. The molecule has 0 saturated carbocycles. The number of nitrogens with two attached hydrogens (primary N) is 1. The molecule has 2 N–H and O–H groups in total. The van der Waals surface area contributed by atoms with Crippen LogP contribution in [-0.4, -0.2) is 49.7 Å². The molecule has 6 nitrogen and oxygen atoms in total. The molecule has 1 amide bonds. The molecule has 0 aromatic heterocycles. The average molecular weight is 289 g/mol. The number of ether oxygens (including phenoxy) is 2. The molecule has 21 heavy (non-hydrogen) atoms. The summed E-state index contributed by atoms with van der Waals surface area (Å²) < 4.78 is 11.2. The number of piperazine rings is 1. The Kier molecular flexibility index (Phi) is 2.83. The van der Waals surface area contributed by atoms with Crippen molar-refractivity contribution >= 4 is 17.3 Å². The Bertz CT molecular complexity index is 590. The van der Waals surface area contributed by atoms with E-state index in [4.69, 9.17) is 15.2 Å². The van der Waals surface area contributed by atoms with Gasteiger partial charge in [-0.05, 0) is 6.42 Å². The standard InChI is InChI=1S/C15H19N3O3/c16-11-7-13-14(21-6-5-20-13)8-12(11)17-3-4-18-10(9-17)1-2-15(18)19/h7-8,10H,1-6,9,16H2. The number of rotatable bonds is 1. The predicted molar refractivity (Wildman–Crippen MR) is 78.8 cm³/mol. The molecular weight excluding hydrogens is 270 g/mol. The first-order valence-electron chi connectivity index (χ1n) is 7.46. The van der Waals surface area contributed by atoms with Gasteiger partial charge in [0, 0.05) is 44.2 Å². The summed E-state index contributed by atoms with van der Waals surface area (Å²) in [5, 5.41) is 0. The third-order valence-corrected chi connectivity index (χ3v) is 4.53. The fourth-order valence-corrected chi connectivity index (χ4v) is 3.45. The molecule has 3 aliphatic heterocycles. The quantitative estimate of drug-likeness (QED) is 0.776. The van der Waals surface area contributed by atoms with E-state index in [2.05, 4.69) is 4.90 Å². The van der Waals surface area contributed by atoms with E-state index in [-0.39, 0.29) is 5.91 Å². The Morgan fingerprint density at radius 3 is 2.71 bits per heavy atom. The molecule has 0 bridgehead atoms. The lowest BCUT2D eigenvalue weighted by atomic mass is 10.1. The monoisotopic (exact) mass is 289 g/mol. The zero-order valence-electron chi connectivity index (χ0n) is 11.9. The zero-order valence-corrected chi connectivity index (χ0v) is 11.9. The van der Waals surface area contributed by atoms with E-state index in [1.165, 1.54) is 0 Å². The van der Waals surface area contributed by atoms with E-state index in [1.54, 1.807) is 0 Å². The Morgan fingerprint density at radius 1 is 1.14 bits per heavy atom. The van der Waals surface area contributed by atoms with Crippen molar-refractivity contribution in [2.24, 2.45) is 0 Å². The first kappa shape index (κ1) is 12.6. The molecule has 2 fully saturated rings. The smallest absolute Gasteiger partial charge is 0.223 e. The van der Waals surface area contributed by atoms with Gasteiger partial charge >= 0.3 is 0 Å². The number of nitrogens with zero attached hydrogens (tertiary/aromatic N) is 2. The minimum Gasteiger partial charge on any atom is -0.486 e. The van der Waals surface area contributed by atoms with Crippen molar-refractivity contribution in [2.45, 2.75) is 18.9 Å². The molecule has 112 valence electrons. The molecule has 3 aliphatic rings. The first-order valence-corrected chi connectivity index (χ1v) is 7.46. The molecule has 0 aliphatic carbocycles. The van der Waals surface area contributed by atoms with Crippen LogP contribution in [0.5, 0.6) is 11.5 Å². The molecule has 1 unspecified atom stereocenters. The number of carbonyl (C=O) groups is 1. The van der Waals surface area contributed by atoms with Crippen molar-refractivity contribution < 1.29 is 14.3 Å². The number of nitrogen functional groups attached to an aromatic ring is 1. The number of carbonyl (C=O) groups excluding carboxylic acids is 1. The van der Waals surface area contributed by atoms with Crippen LogP contribution in [0, 0.1) is 0 Å². The molecule has 0 spiro atoms. The van der Waals surface area contributed by atoms with Gasteiger partial charge in [-0.25, -0.2) is 0 Å². The van der Waals surface area contributed by atoms with Gasteiger partial charge in [-0.2, -0.15) is 0 Å². The summed E-state index contributed by atoms with van der Waals surface area (Å²) in [5.74, 6) is 1.77. The summed E-state index contributed by atoms with van der Waals surface area (Å²) in [7, 11) is 0. The van der Waals surface area contributed by atoms with Crippen LogP contribution in [-0.2, 0) is 4.79 Å². The van der Waals surface area contributed by atoms with Crippen LogP contribution in [0.25, 0.3) is 0 Å². The van der Waals surface area contributed by atoms with E-state index in [0.29, 0.717) is 31.4 Å². The van der Waals surface area contributed by atoms with E-state index in [0.717, 1.165) is 43.2 Å². The minimum absolute atomic E-state index is 0.287. The minimum atomic E-state index is 0.287. The molecule has 6 heteroatoms. The maximum absolute atomic E-state index is 11.8. The van der Waals surface area contributed by atoms with Crippen molar-refractivity contribution in [3.8, 4) is 11.5 Å². The van der Waals surface area contributed by atoms with Crippen LogP contribution in [0.4, 0.5) is 11.4 Å². The van der Waals surface area contributed by atoms with Crippen LogP contribution >= 0.6 is 0 Å². The Balaban J connectivity index is 1.60. The van der Waals surface area contributed by atoms with Crippen molar-refractivity contribution in [2.75, 3.05) is 43.5 Å². The third kappa shape index (κ3) is 2.05. The zero-order chi connectivity index (χ0) is 14.4. The summed E-state index contributed by atoms with van der Waals surface area (Å²) in [6.07, 6.45) is 1.62. The lowest BCUT2D eigenvalue weighted by Crippen LogP contribution is -2.51. The molecule has 1 aromatic rings. The molecule has 1 atom stereocenters. The second kappa shape index (κ2) is 4.72. The van der Waals surface area contributed by atoms with Gasteiger partial charge in [-0.1, -0.05) is 0 Å². The Labute approximate surface area is 123 Å². The van der Waals surface area contributed by atoms with E-state index < -0.39 is 0 Å². The second-order valence-electron chi connectivity index (χ2n) is 5.78. The summed E-state index contributed by atoms with van der Waals surface area (Å²) >= 11 is 0. The highest BCUT2D eigenvalue weighted by Gasteiger charge is 2.36. The largest absolute Gasteiger partial charge is 0.486 e. The van der Waals surface area contributed by atoms with Crippen LogP contribution in [0.3, 0.4) is 0 Å². The van der Waals surface area contributed by atoms with Crippen LogP contribution in [0.2, 0.25) is 0 Å². The summed E-state index contributed by atoms with van der Waals surface area (Å²) in [6, 6.07) is 4.13. The topological polar surface area (TPSA) is 68.0 Å². The third-order valence-electron chi connectivity index (χ3n) is 4.53. The maximum atomic E-state index is 11.8. The molecule has 2 saturated heterocycles. The average Bonchev–Trinajstić information content (AvgIpc) is 2.87. The Hall–Kier alpha value is -2.11. The first-order chi connectivity index (χ1) is 10.2. The van der Waals surface area contributed by atoms with Crippen LogP contribution in [0.15, 0.2) is 12.1 Å². The van der Waals surface area contributed by atoms with Crippen molar-refractivity contribution in [3.05, 3.63) is 12.1 Å². The van der Waals surface area contributed by atoms with E-state index in [9.17, 15) is 4.79 Å². The van der Waals surface area contributed by atoms with Crippen molar-refractivity contribution in [1.82, 2.24) is 4.90 Å². The number of hydrogen-bond donors (Lipinski definition) is 1. The van der Waals surface area contributed by atoms with Crippen LogP contribution in [0.1, 0.15) is 12.8 Å². The van der Waals surface area contributed by atoms with Gasteiger partial charge in [0.2, 0.25) is 5.91 Å². The highest BCUT2D eigenvalue weighted by molar-refractivity contribution is 5.80. The number of anilines is 2. The summed E-state index contributed by atoms with van der Waals surface area (Å²) in [5.41, 5.74) is 7.87. The number of amides is 1. The predicted octanol–water partition coefficient (Wildman–Crippen LogP) is 0.851. The molecule has 0 radical (unpaired) electrons. The van der Waals surface area contributed by atoms with Crippen molar-refractivity contribution in [1.29, 1.82) is 0 Å². The molecule has 4 rings (SSSR count). The van der Waals surface area contributed by atoms with Gasteiger partial charge < -0.3 is 25.0 Å². The highest BCUT2D eigenvalue weighted by atomic mass is 16.6. The lowest BCUT2D eigenvalue weighted by molar-refractivity contribution is -0.129. The summed E-state index contributed by atoms with van der Waals surface area (Å²) in [6.45, 7) is 3.56. The maximum Gasteiger partial charge on any atom is 0.223 e. The van der Waals surface area contributed by atoms with Gasteiger partial charge in [-0.15, -0.1) is 0 Å². The van der Waals surface area contributed by atoms with Gasteiger partial charge in [-0.3, -0.25) is 4.79 Å². The van der Waals surface area contributed by atoms with Gasteiger partial charge in [0.05, 0.1) is 11.4 Å². The fraction of sp³-hybridized carbons (Fsp3) is 0.533.